The molecule has 188 valence electrons. The van der Waals surface area contributed by atoms with E-state index in [1.807, 2.05) is 13.8 Å². The van der Waals surface area contributed by atoms with Crippen LogP contribution in [0.1, 0.15) is 34.6 Å². The van der Waals surface area contributed by atoms with E-state index in [0.717, 1.165) is 11.5 Å². The lowest BCUT2D eigenvalue weighted by molar-refractivity contribution is 0.101. The molecule has 7 heteroatoms. The third-order valence-electron chi connectivity index (χ3n) is 5.32. The zero-order valence-electron chi connectivity index (χ0n) is 20.7. The summed E-state index contributed by atoms with van der Waals surface area (Å²) in [5.74, 6) is 2.27. The van der Waals surface area contributed by atoms with Gasteiger partial charge in [0.1, 0.15) is 23.0 Å². The average molecular weight is 497 g/mol. The standard InChI is InChI=1S/C30H28N2O5/c1-3-35-25-13-5-21(6-14-25)29(33)31-23-9-17-27(18-10-23)37-28-19-11-24(12-20-28)32-30(34)22-7-15-26(16-8-22)36-4-2/h5-20H,3-4H2,1-2H3,(H,31,33)(H,32,34). The molecule has 0 aliphatic heterocycles. The molecule has 0 fully saturated rings. The van der Waals surface area contributed by atoms with Gasteiger partial charge in [-0.25, -0.2) is 0 Å². The first-order valence-corrected chi connectivity index (χ1v) is 12.0. The van der Waals surface area contributed by atoms with Crippen molar-refractivity contribution in [2.75, 3.05) is 23.8 Å². The van der Waals surface area contributed by atoms with Crippen LogP contribution in [0, 0.1) is 0 Å². The first-order valence-electron chi connectivity index (χ1n) is 12.0. The third kappa shape index (κ3) is 7.11. The lowest BCUT2D eigenvalue weighted by Gasteiger charge is -2.10. The van der Waals surface area contributed by atoms with Gasteiger partial charge in [-0.15, -0.1) is 0 Å². The van der Waals surface area contributed by atoms with Crippen molar-refractivity contribution in [3.63, 3.8) is 0 Å². The van der Waals surface area contributed by atoms with Crippen LogP contribution in [0.25, 0.3) is 0 Å². The molecular weight excluding hydrogens is 468 g/mol. The molecular formula is C30H28N2O5. The molecule has 0 unspecified atom stereocenters. The lowest BCUT2D eigenvalue weighted by atomic mass is 10.2. The van der Waals surface area contributed by atoms with Crippen molar-refractivity contribution in [3.8, 4) is 23.0 Å². The summed E-state index contributed by atoms with van der Waals surface area (Å²) in [7, 11) is 0. The Hall–Kier alpha value is -4.78. The Morgan fingerprint density at radius 2 is 0.838 bits per heavy atom. The summed E-state index contributed by atoms with van der Waals surface area (Å²) in [6, 6.07) is 28.2. The van der Waals surface area contributed by atoms with Gasteiger partial charge in [-0.05, 0) is 111 Å². The maximum Gasteiger partial charge on any atom is 0.255 e. The van der Waals surface area contributed by atoms with Crippen molar-refractivity contribution < 1.29 is 23.8 Å². The van der Waals surface area contributed by atoms with E-state index in [-0.39, 0.29) is 11.8 Å². The van der Waals surface area contributed by atoms with Gasteiger partial charge in [-0.2, -0.15) is 0 Å². The Balaban J connectivity index is 1.29. The fourth-order valence-corrected chi connectivity index (χ4v) is 3.49. The molecule has 0 saturated heterocycles. The number of carbonyl (C=O) groups excluding carboxylic acids is 2. The summed E-state index contributed by atoms with van der Waals surface area (Å²) in [5.41, 5.74) is 2.38. The molecule has 7 nitrogen and oxygen atoms in total. The normalized spacial score (nSPS) is 10.3. The molecule has 0 aliphatic rings. The summed E-state index contributed by atoms with van der Waals surface area (Å²) in [5, 5.41) is 5.73. The SMILES string of the molecule is CCOc1ccc(C(=O)Nc2ccc(Oc3ccc(NC(=O)c4ccc(OCC)cc4)cc3)cc2)cc1. The molecule has 0 atom stereocenters. The number of nitrogens with one attached hydrogen (secondary N) is 2. The summed E-state index contributed by atoms with van der Waals surface area (Å²) >= 11 is 0. The van der Waals surface area contributed by atoms with Crippen molar-refractivity contribution in [2.24, 2.45) is 0 Å². The van der Waals surface area contributed by atoms with Crippen molar-refractivity contribution >= 4 is 23.2 Å². The van der Waals surface area contributed by atoms with Crippen LogP contribution in [0.5, 0.6) is 23.0 Å². The van der Waals surface area contributed by atoms with Gasteiger partial charge in [0.25, 0.3) is 11.8 Å². The van der Waals surface area contributed by atoms with Gasteiger partial charge in [-0.3, -0.25) is 9.59 Å². The van der Waals surface area contributed by atoms with Gasteiger partial charge in [0.15, 0.2) is 0 Å². The molecule has 4 rings (SSSR count). The van der Waals surface area contributed by atoms with Crippen LogP contribution in [-0.2, 0) is 0 Å². The van der Waals surface area contributed by atoms with E-state index in [1.54, 1.807) is 97.1 Å². The minimum Gasteiger partial charge on any atom is -0.494 e. The Morgan fingerprint density at radius 1 is 0.514 bits per heavy atom. The summed E-state index contributed by atoms with van der Waals surface area (Å²) in [4.78, 5) is 25.0. The van der Waals surface area contributed by atoms with Gasteiger partial charge in [0.2, 0.25) is 0 Å². The van der Waals surface area contributed by atoms with Crippen LogP contribution < -0.4 is 24.8 Å². The van der Waals surface area contributed by atoms with Gasteiger partial charge in [0.05, 0.1) is 13.2 Å². The van der Waals surface area contributed by atoms with E-state index in [4.69, 9.17) is 14.2 Å². The van der Waals surface area contributed by atoms with E-state index in [9.17, 15) is 9.59 Å². The predicted molar refractivity (Wildman–Crippen MR) is 144 cm³/mol. The summed E-state index contributed by atoms with van der Waals surface area (Å²) in [6.07, 6.45) is 0. The summed E-state index contributed by atoms with van der Waals surface area (Å²) < 4.78 is 16.7. The molecule has 2 N–H and O–H groups in total. The fraction of sp³-hybridized carbons (Fsp3) is 0.133. The summed E-state index contributed by atoms with van der Waals surface area (Å²) in [6.45, 7) is 4.97. The van der Waals surface area contributed by atoms with Crippen molar-refractivity contribution in [2.45, 2.75) is 13.8 Å². The zero-order chi connectivity index (χ0) is 26.0. The van der Waals surface area contributed by atoms with Crippen LogP contribution in [0.4, 0.5) is 11.4 Å². The molecule has 37 heavy (non-hydrogen) atoms. The van der Waals surface area contributed by atoms with Crippen molar-refractivity contribution in [1.82, 2.24) is 0 Å². The third-order valence-corrected chi connectivity index (χ3v) is 5.32. The highest BCUT2D eigenvalue weighted by Crippen LogP contribution is 2.25. The molecule has 0 radical (unpaired) electrons. The van der Waals surface area contributed by atoms with Crippen molar-refractivity contribution in [3.05, 3.63) is 108 Å². The first-order chi connectivity index (χ1) is 18.0. The minimum atomic E-state index is -0.209. The van der Waals surface area contributed by atoms with Gasteiger partial charge in [-0.1, -0.05) is 0 Å². The number of hydrogen-bond acceptors (Lipinski definition) is 5. The van der Waals surface area contributed by atoms with Crippen molar-refractivity contribution in [1.29, 1.82) is 0 Å². The van der Waals surface area contributed by atoms with Gasteiger partial charge in [0, 0.05) is 22.5 Å². The molecule has 0 heterocycles. The number of benzene rings is 4. The number of rotatable bonds is 10. The number of ether oxygens (including phenoxy) is 3. The molecule has 0 aromatic heterocycles. The van der Waals surface area contributed by atoms with E-state index < -0.39 is 0 Å². The molecule has 4 aromatic rings. The quantitative estimate of drug-likeness (QED) is 0.253. The first kappa shape index (κ1) is 25.3. The maximum atomic E-state index is 12.5. The average Bonchev–Trinajstić information content (AvgIpc) is 2.92. The Kier molecular flexibility index (Phi) is 8.39. The highest BCUT2D eigenvalue weighted by atomic mass is 16.5. The number of carbonyl (C=O) groups is 2. The zero-order valence-corrected chi connectivity index (χ0v) is 20.7. The molecule has 0 aliphatic carbocycles. The fourth-order valence-electron chi connectivity index (χ4n) is 3.49. The van der Waals surface area contributed by atoms with E-state index >= 15 is 0 Å². The molecule has 0 saturated carbocycles. The topological polar surface area (TPSA) is 85.9 Å². The monoisotopic (exact) mass is 496 g/mol. The van der Waals surface area contributed by atoms with E-state index in [1.165, 1.54) is 0 Å². The second-order valence-corrected chi connectivity index (χ2v) is 7.97. The Bertz CT molecular complexity index is 1210. The molecule has 4 aromatic carbocycles. The van der Waals surface area contributed by atoms with E-state index in [0.29, 0.717) is 47.2 Å². The highest BCUT2D eigenvalue weighted by molar-refractivity contribution is 6.05. The Morgan fingerprint density at radius 3 is 1.16 bits per heavy atom. The van der Waals surface area contributed by atoms with Crippen LogP contribution >= 0.6 is 0 Å². The largest absolute Gasteiger partial charge is 0.494 e. The lowest BCUT2D eigenvalue weighted by Crippen LogP contribution is -2.11. The highest BCUT2D eigenvalue weighted by Gasteiger charge is 2.08. The van der Waals surface area contributed by atoms with Crippen LogP contribution in [0.15, 0.2) is 97.1 Å². The predicted octanol–water partition coefficient (Wildman–Crippen LogP) is 6.78. The number of amides is 2. The number of anilines is 2. The Labute approximate surface area is 216 Å². The number of hydrogen-bond donors (Lipinski definition) is 2. The van der Waals surface area contributed by atoms with Crippen LogP contribution in [0.3, 0.4) is 0 Å². The van der Waals surface area contributed by atoms with Crippen LogP contribution in [0.2, 0.25) is 0 Å². The maximum absolute atomic E-state index is 12.5. The second-order valence-electron chi connectivity index (χ2n) is 7.97. The molecule has 2 amide bonds. The minimum absolute atomic E-state index is 0.209. The van der Waals surface area contributed by atoms with Gasteiger partial charge < -0.3 is 24.8 Å². The van der Waals surface area contributed by atoms with E-state index in [2.05, 4.69) is 10.6 Å². The molecule has 0 bridgehead atoms. The van der Waals surface area contributed by atoms with Gasteiger partial charge >= 0.3 is 0 Å². The van der Waals surface area contributed by atoms with Crippen LogP contribution in [-0.4, -0.2) is 25.0 Å². The second kappa shape index (κ2) is 12.3. The molecule has 0 spiro atoms. The smallest absolute Gasteiger partial charge is 0.255 e.